The van der Waals surface area contributed by atoms with Gasteiger partial charge in [-0.2, -0.15) is 0 Å². The van der Waals surface area contributed by atoms with E-state index in [1.807, 2.05) is 0 Å². The molecule has 0 atom stereocenters. The average Bonchev–Trinajstić information content (AvgIpc) is 2.81. The highest BCUT2D eigenvalue weighted by atomic mass is 19.1. The Kier molecular flexibility index (Phi) is 2.67. The van der Waals surface area contributed by atoms with Gasteiger partial charge in [-0.3, -0.25) is 0 Å². The highest BCUT2D eigenvalue weighted by molar-refractivity contribution is 5.79. The Bertz CT molecular complexity index is 752. The first-order valence-electron chi connectivity index (χ1n) is 5.66. The molecule has 0 aliphatic carbocycles. The zero-order valence-corrected chi connectivity index (χ0v) is 10.1. The van der Waals surface area contributed by atoms with Crippen molar-refractivity contribution in [3.05, 3.63) is 48.0 Å². The molecule has 3 nitrogen and oxygen atoms in total. The number of halogens is 2. The van der Waals surface area contributed by atoms with Crippen molar-refractivity contribution in [2.24, 2.45) is 0 Å². The SMILES string of the molecule is COc1ccc(-c2nc3ccc(F)cc3[nH]2)c(F)c1. The fourth-order valence-corrected chi connectivity index (χ4v) is 1.92. The Morgan fingerprint density at radius 2 is 1.95 bits per heavy atom. The van der Waals surface area contributed by atoms with E-state index < -0.39 is 5.82 Å². The van der Waals surface area contributed by atoms with Crippen molar-refractivity contribution in [3.63, 3.8) is 0 Å². The minimum atomic E-state index is -0.445. The normalized spacial score (nSPS) is 10.9. The minimum Gasteiger partial charge on any atom is -0.497 e. The summed E-state index contributed by atoms with van der Waals surface area (Å²) < 4.78 is 31.9. The molecule has 96 valence electrons. The predicted octanol–water partition coefficient (Wildman–Crippen LogP) is 3.52. The molecule has 3 aromatic rings. The Hall–Kier alpha value is -2.43. The number of aromatic amines is 1. The molecular weight excluding hydrogens is 250 g/mol. The summed E-state index contributed by atoms with van der Waals surface area (Å²) in [6.07, 6.45) is 0. The largest absolute Gasteiger partial charge is 0.497 e. The molecule has 1 N–H and O–H groups in total. The van der Waals surface area contributed by atoms with Crippen LogP contribution in [0.2, 0.25) is 0 Å². The van der Waals surface area contributed by atoms with E-state index in [4.69, 9.17) is 4.74 Å². The molecular formula is C14H10F2N2O. The monoisotopic (exact) mass is 260 g/mol. The topological polar surface area (TPSA) is 37.9 Å². The molecule has 0 bridgehead atoms. The zero-order valence-electron chi connectivity index (χ0n) is 10.1. The van der Waals surface area contributed by atoms with Crippen molar-refractivity contribution in [1.82, 2.24) is 9.97 Å². The molecule has 0 aliphatic rings. The van der Waals surface area contributed by atoms with E-state index in [2.05, 4.69) is 9.97 Å². The van der Waals surface area contributed by atoms with Gasteiger partial charge in [0.2, 0.25) is 0 Å². The van der Waals surface area contributed by atoms with Crippen LogP contribution in [0.5, 0.6) is 5.75 Å². The number of ether oxygens (including phenoxy) is 1. The number of imidazole rings is 1. The molecule has 0 spiro atoms. The van der Waals surface area contributed by atoms with Gasteiger partial charge < -0.3 is 9.72 Å². The van der Waals surface area contributed by atoms with Crippen LogP contribution in [0.1, 0.15) is 0 Å². The second-order valence-corrected chi connectivity index (χ2v) is 4.09. The summed E-state index contributed by atoms with van der Waals surface area (Å²) in [4.78, 5) is 7.14. The Balaban J connectivity index is 2.13. The first-order chi connectivity index (χ1) is 9.17. The number of benzene rings is 2. The third kappa shape index (κ3) is 2.03. The van der Waals surface area contributed by atoms with E-state index in [1.54, 1.807) is 18.2 Å². The summed E-state index contributed by atoms with van der Waals surface area (Å²) in [6.45, 7) is 0. The van der Waals surface area contributed by atoms with Gasteiger partial charge in [-0.25, -0.2) is 13.8 Å². The number of fused-ring (bicyclic) bond motifs is 1. The van der Waals surface area contributed by atoms with E-state index in [-0.39, 0.29) is 5.82 Å². The quantitative estimate of drug-likeness (QED) is 0.765. The van der Waals surface area contributed by atoms with Crippen LogP contribution in [0.15, 0.2) is 36.4 Å². The molecule has 1 heterocycles. The fraction of sp³-hybridized carbons (Fsp3) is 0.0714. The second kappa shape index (κ2) is 4.35. The van der Waals surface area contributed by atoms with Gasteiger partial charge in [0.1, 0.15) is 23.2 Å². The van der Waals surface area contributed by atoms with Gasteiger partial charge in [0.15, 0.2) is 0 Å². The van der Waals surface area contributed by atoms with Crippen LogP contribution < -0.4 is 4.74 Å². The van der Waals surface area contributed by atoms with Crippen molar-refractivity contribution in [2.75, 3.05) is 7.11 Å². The van der Waals surface area contributed by atoms with Gasteiger partial charge >= 0.3 is 0 Å². The first kappa shape index (κ1) is 11.6. The lowest BCUT2D eigenvalue weighted by Crippen LogP contribution is -1.89. The van der Waals surface area contributed by atoms with Crippen LogP contribution in [0.25, 0.3) is 22.4 Å². The van der Waals surface area contributed by atoms with Crippen molar-refractivity contribution in [1.29, 1.82) is 0 Å². The number of nitrogens with one attached hydrogen (secondary N) is 1. The number of methoxy groups -OCH3 is 1. The third-order valence-corrected chi connectivity index (χ3v) is 2.88. The highest BCUT2D eigenvalue weighted by Gasteiger charge is 2.11. The standard InChI is InChI=1S/C14H10F2N2O/c1-19-9-3-4-10(11(16)7-9)14-17-12-5-2-8(15)6-13(12)18-14/h2-7H,1H3,(H,17,18). The summed E-state index contributed by atoms with van der Waals surface area (Å²) >= 11 is 0. The number of aromatic nitrogens is 2. The van der Waals surface area contributed by atoms with Gasteiger partial charge in [-0.15, -0.1) is 0 Å². The molecule has 0 saturated carbocycles. The van der Waals surface area contributed by atoms with Gasteiger partial charge in [0, 0.05) is 6.07 Å². The Morgan fingerprint density at radius 3 is 2.68 bits per heavy atom. The van der Waals surface area contributed by atoms with Gasteiger partial charge in [-0.05, 0) is 30.3 Å². The molecule has 19 heavy (non-hydrogen) atoms. The maximum Gasteiger partial charge on any atom is 0.141 e. The van der Waals surface area contributed by atoms with Gasteiger partial charge in [0.25, 0.3) is 0 Å². The summed E-state index contributed by atoms with van der Waals surface area (Å²) in [5.41, 5.74) is 1.44. The van der Waals surface area contributed by atoms with Crippen LogP contribution in [0, 0.1) is 11.6 Å². The lowest BCUT2D eigenvalue weighted by Gasteiger charge is -2.02. The summed E-state index contributed by atoms with van der Waals surface area (Å²) in [5.74, 6) is -0.0130. The molecule has 3 rings (SSSR count). The van der Waals surface area contributed by atoms with E-state index in [9.17, 15) is 8.78 Å². The van der Waals surface area contributed by atoms with Gasteiger partial charge in [-0.1, -0.05) is 0 Å². The molecule has 2 aromatic carbocycles. The van der Waals surface area contributed by atoms with Crippen LogP contribution >= 0.6 is 0 Å². The summed E-state index contributed by atoms with van der Waals surface area (Å²) in [7, 11) is 1.47. The van der Waals surface area contributed by atoms with E-state index in [0.717, 1.165) is 0 Å². The third-order valence-electron chi connectivity index (χ3n) is 2.88. The van der Waals surface area contributed by atoms with Crippen molar-refractivity contribution < 1.29 is 13.5 Å². The number of nitrogens with zero attached hydrogens (tertiary/aromatic N) is 1. The van der Waals surface area contributed by atoms with Crippen molar-refractivity contribution in [2.45, 2.75) is 0 Å². The molecule has 0 amide bonds. The van der Waals surface area contributed by atoms with Crippen LogP contribution in [0.4, 0.5) is 8.78 Å². The van der Waals surface area contributed by atoms with Gasteiger partial charge in [0.05, 0.1) is 23.7 Å². The molecule has 0 saturated heterocycles. The molecule has 0 fully saturated rings. The highest BCUT2D eigenvalue weighted by Crippen LogP contribution is 2.26. The maximum absolute atomic E-state index is 13.9. The lowest BCUT2D eigenvalue weighted by molar-refractivity contribution is 0.411. The maximum atomic E-state index is 13.9. The molecule has 1 aromatic heterocycles. The predicted molar refractivity (Wildman–Crippen MR) is 68.0 cm³/mol. The van der Waals surface area contributed by atoms with Crippen LogP contribution in [-0.2, 0) is 0 Å². The van der Waals surface area contributed by atoms with Crippen LogP contribution in [-0.4, -0.2) is 17.1 Å². The Labute approximate surface area is 107 Å². The molecule has 0 aliphatic heterocycles. The fourth-order valence-electron chi connectivity index (χ4n) is 1.92. The first-order valence-corrected chi connectivity index (χ1v) is 5.66. The number of H-pyrrole nitrogens is 1. The Morgan fingerprint density at radius 1 is 1.11 bits per heavy atom. The van der Waals surface area contributed by atoms with E-state index in [1.165, 1.54) is 25.3 Å². The second-order valence-electron chi connectivity index (χ2n) is 4.09. The van der Waals surface area contributed by atoms with Crippen LogP contribution in [0.3, 0.4) is 0 Å². The average molecular weight is 260 g/mol. The molecule has 0 radical (unpaired) electrons. The minimum absolute atomic E-state index is 0.317. The zero-order chi connectivity index (χ0) is 13.4. The smallest absolute Gasteiger partial charge is 0.141 e. The molecule has 5 heteroatoms. The summed E-state index contributed by atoms with van der Waals surface area (Å²) in [6, 6.07) is 8.69. The summed E-state index contributed by atoms with van der Waals surface area (Å²) in [5, 5.41) is 0. The van der Waals surface area contributed by atoms with E-state index in [0.29, 0.717) is 28.2 Å². The van der Waals surface area contributed by atoms with Crippen molar-refractivity contribution >= 4 is 11.0 Å². The molecule has 0 unspecified atom stereocenters. The van der Waals surface area contributed by atoms with Crippen molar-refractivity contribution in [3.8, 4) is 17.1 Å². The van der Waals surface area contributed by atoms with E-state index >= 15 is 0 Å². The number of hydrogen-bond donors (Lipinski definition) is 1. The number of hydrogen-bond acceptors (Lipinski definition) is 2. The number of rotatable bonds is 2. The lowest BCUT2D eigenvalue weighted by atomic mass is 10.2.